The molecule has 0 saturated carbocycles. The highest BCUT2D eigenvalue weighted by atomic mass is 14.3. The number of hydrogen-bond acceptors (Lipinski definition) is 0. The number of fused-ring (bicyclic) bond motifs is 1. The van der Waals surface area contributed by atoms with Crippen molar-refractivity contribution in [2.24, 2.45) is 11.8 Å². The van der Waals surface area contributed by atoms with Gasteiger partial charge in [0, 0.05) is 0 Å². The van der Waals surface area contributed by atoms with Crippen LogP contribution in [0, 0.1) is 11.8 Å². The summed E-state index contributed by atoms with van der Waals surface area (Å²) in [6.45, 7) is 15.2. The molecule has 1 aliphatic rings. The van der Waals surface area contributed by atoms with Gasteiger partial charge in [0.25, 0.3) is 0 Å². The fourth-order valence-electron chi connectivity index (χ4n) is 3.48. The van der Waals surface area contributed by atoms with Crippen LogP contribution in [0.2, 0.25) is 0 Å². The Morgan fingerprint density at radius 2 is 1.95 bits per heavy atom. The van der Waals surface area contributed by atoms with Gasteiger partial charge in [0.05, 0.1) is 0 Å². The van der Waals surface area contributed by atoms with Crippen molar-refractivity contribution >= 4 is 5.57 Å². The highest BCUT2D eigenvalue weighted by Gasteiger charge is 2.20. The summed E-state index contributed by atoms with van der Waals surface area (Å²) < 4.78 is 0. The predicted octanol–water partition coefficient (Wildman–Crippen LogP) is 6.60. The van der Waals surface area contributed by atoms with E-state index in [1.807, 2.05) is 0 Å². The fraction of sp³-hybridized carbons (Fsp3) is 0.545. The van der Waals surface area contributed by atoms with E-state index in [4.69, 9.17) is 0 Å². The lowest BCUT2D eigenvalue weighted by molar-refractivity contribution is 0.488. The molecule has 0 heterocycles. The average Bonchev–Trinajstić information content (AvgIpc) is 2.50. The lowest BCUT2D eigenvalue weighted by atomic mass is 9.78. The smallest absolute Gasteiger partial charge is 0.0162 e. The minimum atomic E-state index is 0.697. The Kier molecular flexibility index (Phi) is 6.06. The fourth-order valence-corrected chi connectivity index (χ4v) is 3.48. The van der Waals surface area contributed by atoms with Crippen molar-refractivity contribution < 1.29 is 0 Å². The molecule has 0 radical (unpaired) electrons. The van der Waals surface area contributed by atoms with Crippen LogP contribution in [-0.2, 0) is 12.8 Å². The zero-order valence-corrected chi connectivity index (χ0v) is 14.8. The van der Waals surface area contributed by atoms with Crippen LogP contribution in [-0.4, -0.2) is 0 Å². The Hall–Kier alpha value is -1.30. The SMILES string of the molecule is C=C(C)c1ccc2c(c1)CCC(C(=C)CCCCC(C)C)C2. The second kappa shape index (κ2) is 7.81. The van der Waals surface area contributed by atoms with Gasteiger partial charge in [-0.2, -0.15) is 0 Å². The van der Waals surface area contributed by atoms with Gasteiger partial charge < -0.3 is 0 Å². The summed E-state index contributed by atoms with van der Waals surface area (Å²) in [7, 11) is 0. The lowest BCUT2D eigenvalue weighted by Crippen LogP contribution is -2.16. The third-order valence-electron chi connectivity index (χ3n) is 5.03. The first-order chi connectivity index (χ1) is 10.5. The summed E-state index contributed by atoms with van der Waals surface area (Å²) in [6, 6.07) is 6.89. The van der Waals surface area contributed by atoms with Gasteiger partial charge in [-0.25, -0.2) is 0 Å². The topological polar surface area (TPSA) is 0 Å². The van der Waals surface area contributed by atoms with E-state index in [2.05, 4.69) is 52.1 Å². The Morgan fingerprint density at radius 1 is 1.18 bits per heavy atom. The molecular formula is C22H32. The molecule has 0 fully saturated rings. The van der Waals surface area contributed by atoms with Gasteiger partial charge in [-0.15, -0.1) is 0 Å². The van der Waals surface area contributed by atoms with Crippen LogP contribution in [0.5, 0.6) is 0 Å². The molecule has 1 atom stereocenters. The molecule has 0 N–H and O–H groups in total. The van der Waals surface area contributed by atoms with E-state index in [-0.39, 0.29) is 0 Å². The minimum absolute atomic E-state index is 0.697. The Labute approximate surface area is 137 Å². The van der Waals surface area contributed by atoms with E-state index in [1.54, 1.807) is 0 Å². The summed E-state index contributed by atoms with van der Waals surface area (Å²) in [4.78, 5) is 0. The molecule has 0 nitrogen and oxygen atoms in total. The highest BCUT2D eigenvalue weighted by Crippen LogP contribution is 2.33. The molecule has 0 aromatic heterocycles. The summed E-state index contributed by atoms with van der Waals surface area (Å²) in [5.74, 6) is 1.53. The van der Waals surface area contributed by atoms with Gasteiger partial charge in [-0.3, -0.25) is 0 Å². The molecule has 0 saturated heterocycles. The number of aryl methyl sites for hydroxylation is 1. The van der Waals surface area contributed by atoms with Crippen LogP contribution in [0.1, 0.15) is 69.6 Å². The van der Waals surface area contributed by atoms with Crippen molar-refractivity contribution in [3.05, 3.63) is 53.6 Å². The van der Waals surface area contributed by atoms with Gasteiger partial charge in [0.1, 0.15) is 0 Å². The zero-order valence-electron chi connectivity index (χ0n) is 14.8. The number of unbranched alkanes of at least 4 members (excludes halogenated alkanes) is 1. The third kappa shape index (κ3) is 4.60. The molecule has 2 rings (SSSR count). The van der Waals surface area contributed by atoms with E-state index in [1.165, 1.54) is 72.8 Å². The van der Waals surface area contributed by atoms with E-state index < -0.39 is 0 Å². The van der Waals surface area contributed by atoms with E-state index in [0.29, 0.717) is 5.92 Å². The van der Waals surface area contributed by atoms with Crippen molar-refractivity contribution in [2.75, 3.05) is 0 Å². The molecule has 1 aromatic rings. The largest absolute Gasteiger partial charge is 0.0996 e. The van der Waals surface area contributed by atoms with Gasteiger partial charge in [-0.1, -0.05) is 69.2 Å². The molecule has 0 bridgehead atoms. The summed E-state index contributed by atoms with van der Waals surface area (Å²) >= 11 is 0. The van der Waals surface area contributed by atoms with Crippen LogP contribution in [0.15, 0.2) is 36.9 Å². The van der Waals surface area contributed by atoms with Crippen LogP contribution >= 0.6 is 0 Å². The number of hydrogen-bond donors (Lipinski definition) is 0. The van der Waals surface area contributed by atoms with E-state index in [9.17, 15) is 0 Å². The van der Waals surface area contributed by atoms with Crippen LogP contribution in [0.25, 0.3) is 5.57 Å². The first-order valence-corrected chi connectivity index (χ1v) is 8.92. The molecule has 0 amide bonds. The second-order valence-electron chi connectivity index (χ2n) is 7.50. The Bertz CT molecular complexity index is 533. The molecular weight excluding hydrogens is 264 g/mol. The number of benzene rings is 1. The van der Waals surface area contributed by atoms with Crippen molar-refractivity contribution in [1.29, 1.82) is 0 Å². The minimum Gasteiger partial charge on any atom is -0.0996 e. The lowest BCUT2D eigenvalue weighted by Gasteiger charge is -2.27. The first kappa shape index (κ1) is 17.1. The quantitative estimate of drug-likeness (QED) is 0.393. The summed E-state index contributed by atoms with van der Waals surface area (Å²) in [6.07, 6.45) is 8.90. The summed E-state index contributed by atoms with van der Waals surface area (Å²) in [5.41, 5.74) is 7.01. The first-order valence-electron chi connectivity index (χ1n) is 8.92. The Balaban J connectivity index is 1.89. The molecule has 22 heavy (non-hydrogen) atoms. The van der Waals surface area contributed by atoms with E-state index in [0.717, 1.165) is 5.92 Å². The van der Waals surface area contributed by atoms with Crippen molar-refractivity contribution in [3.8, 4) is 0 Å². The maximum absolute atomic E-state index is 4.40. The molecule has 1 aliphatic carbocycles. The van der Waals surface area contributed by atoms with Crippen LogP contribution < -0.4 is 0 Å². The third-order valence-corrected chi connectivity index (χ3v) is 5.03. The van der Waals surface area contributed by atoms with Crippen LogP contribution in [0.3, 0.4) is 0 Å². The predicted molar refractivity (Wildman–Crippen MR) is 99.1 cm³/mol. The molecule has 120 valence electrons. The van der Waals surface area contributed by atoms with E-state index >= 15 is 0 Å². The maximum Gasteiger partial charge on any atom is -0.0162 e. The highest BCUT2D eigenvalue weighted by molar-refractivity contribution is 5.62. The van der Waals surface area contributed by atoms with Gasteiger partial charge in [0.15, 0.2) is 0 Å². The standard InChI is InChI=1S/C22H32/c1-16(2)8-6-7-9-18(5)20-11-13-21-14-19(17(3)4)10-12-22(21)15-20/h10,12,14,16,20H,3,5-9,11,13,15H2,1-2,4H3. The Morgan fingerprint density at radius 3 is 2.64 bits per heavy atom. The van der Waals surface area contributed by atoms with Crippen molar-refractivity contribution in [2.45, 2.75) is 65.7 Å². The average molecular weight is 296 g/mol. The molecule has 0 aliphatic heterocycles. The molecule has 0 heteroatoms. The second-order valence-corrected chi connectivity index (χ2v) is 7.50. The monoisotopic (exact) mass is 296 g/mol. The van der Waals surface area contributed by atoms with Gasteiger partial charge in [0.2, 0.25) is 0 Å². The normalized spacial score (nSPS) is 17.4. The zero-order chi connectivity index (χ0) is 16.1. The number of rotatable bonds is 7. The van der Waals surface area contributed by atoms with Crippen molar-refractivity contribution in [3.63, 3.8) is 0 Å². The number of allylic oxidation sites excluding steroid dienone is 2. The van der Waals surface area contributed by atoms with Gasteiger partial charge in [-0.05, 0) is 67.6 Å². The maximum atomic E-state index is 4.40. The summed E-state index contributed by atoms with van der Waals surface area (Å²) in [5, 5.41) is 0. The van der Waals surface area contributed by atoms with Crippen LogP contribution in [0.4, 0.5) is 0 Å². The molecule has 0 spiro atoms. The van der Waals surface area contributed by atoms with Gasteiger partial charge >= 0.3 is 0 Å². The molecule has 1 aromatic carbocycles. The van der Waals surface area contributed by atoms with Crippen molar-refractivity contribution in [1.82, 2.24) is 0 Å². The molecule has 1 unspecified atom stereocenters.